The summed E-state index contributed by atoms with van der Waals surface area (Å²) in [6.07, 6.45) is 2.41. The maximum atomic E-state index is 11.8. The van der Waals surface area contributed by atoms with Crippen molar-refractivity contribution in [2.75, 3.05) is 6.61 Å². The molecule has 0 spiro atoms. The normalized spacial score (nSPS) is 11.3. The van der Waals surface area contributed by atoms with Crippen molar-refractivity contribution in [3.05, 3.63) is 34.6 Å². The van der Waals surface area contributed by atoms with Crippen molar-refractivity contribution in [1.29, 1.82) is 5.26 Å². The number of carbonyl (C=O) groups is 1. The molecule has 0 aliphatic heterocycles. The Bertz CT molecular complexity index is 567. The van der Waals surface area contributed by atoms with Crippen LogP contribution in [0.15, 0.2) is 23.3 Å². The van der Waals surface area contributed by atoms with Gasteiger partial charge in [0, 0.05) is 18.7 Å². The topological polar surface area (TPSA) is 75.0 Å². The first-order chi connectivity index (χ1) is 9.97. The Morgan fingerprint density at radius 2 is 2.33 bits per heavy atom. The second kappa shape index (κ2) is 8.42. The van der Waals surface area contributed by atoms with Gasteiger partial charge in [0.15, 0.2) is 0 Å². The smallest absolute Gasteiger partial charge is 0.220 e. The molecule has 0 aliphatic rings. The number of nitriles is 1. The zero-order chi connectivity index (χ0) is 15.8. The molecule has 5 nitrogen and oxygen atoms in total. The summed E-state index contributed by atoms with van der Waals surface area (Å²) in [4.78, 5) is 16.0. The molecule has 1 atom stereocenters. The largest absolute Gasteiger partial charge is 0.492 e. The maximum absolute atomic E-state index is 11.8. The molecule has 6 heteroatoms. The number of carbonyl (C=O) groups excluding carboxylic acids is 1. The lowest BCUT2D eigenvalue weighted by atomic mass is 10.1. The van der Waals surface area contributed by atoms with E-state index in [2.05, 4.69) is 32.8 Å². The molecule has 0 aliphatic carbocycles. The molecule has 1 aromatic rings. The lowest BCUT2D eigenvalue weighted by Gasteiger charge is -2.15. The number of amides is 1. The molecular weight excluding hydrogens is 334 g/mol. The van der Waals surface area contributed by atoms with Gasteiger partial charge in [0.2, 0.25) is 5.91 Å². The van der Waals surface area contributed by atoms with Gasteiger partial charge < -0.3 is 10.1 Å². The van der Waals surface area contributed by atoms with Crippen LogP contribution in [-0.4, -0.2) is 17.5 Å². The van der Waals surface area contributed by atoms with Gasteiger partial charge in [0.05, 0.1) is 18.3 Å². The molecule has 1 aromatic heterocycles. The van der Waals surface area contributed by atoms with Gasteiger partial charge in [0.25, 0.3) is 0 Å². The van der Waals surface area contributed by atoms with Crippen molar-refractivity contribution in [3.8, 4) is 11.8 Å². The van der Waals surface area contributed by atoms with Crippen LogP contribution in [0.5, 0.6) is 5.75 Å². The van der Waals surface area contributed by atoms with Crippen LogP contribution >= 0.6 is 15.9 Å². The number of nitrogens with one attached hydrogen (secondary N) is 1. The van der Waals surface area contributed by atoms with Gasteiger partial charge in [-0.25, -0.2) is 0 Å². The summed E-state index contributed by atoms with van der Waals surface area (Å²) < 4.78 is 6.20. The first-order valence-corrected chi connectivity index (χ1v) is 7.42. The summed E-state index contributed by atoms with van der Waals surface area (Å²) >= 11 is 3.22. The fourth-order valence-electron chi connectivity index (χ4n) is 1.68. The Morgan fingerprint density at radius 3 is 2.90 bits per heavy atom. The molecule has 0 saturated heterocycles. The van der Waals surface area contributed by atoms with Gasteiger partial charge >= 0.3 is 0 Å². The van der Waals surface area contributed by atoms with E-state index >= 15 is 0 Å². The van der Waals surface area contributed by atoms with E-state index in [-0.39, 0.29) is 11.9 Å². The van der Waals surface area contributed by atoms with Crippen molar-refractivity contribution in [3.63, 3.8) is 0 Å². The fourth-order valence-corrected chi connectivity index (χ4v) is 1.88. The van der Waals surface area contributed by atoms with Crippen molar-refractivity contribution >= 4 is 21.8 Å². The van der Waals surface area contributed by atoms with Crippen LogP contribution < -0.4 is 10.1 Å². The van der Waals surface area contributed by atoms with E-state index in [9.17, 15) is 4.79 Å². The summed E-state index contributed by atoms with van der Waals surface area (Å²) in [7, 11) is 0. The Labute approximate surface area is 133 Å². The minimum atomic E-state index is -0.256. The summed E-state index contributed by atoms with van der Waals surface area (Å²) in [5.41, 5.74) is 1.04. The van der Waals surface area contributed by atoms with Crippen LogP contribution in [0.3, 0.4) is 0 Å². The lowest BCUT2D eigenvalue weighted by molar-refractivity contribution is -0.121. The molecule has 0 aromatic carbocycles. The number of aromatic nitrogens is 1. The van der Waals surface area contributed by atoms with E-state index in [1.54, 1.807) is 6.07 Å². The zero-order valence-corrected chi connectivity index (χ0v) is 13.7. The summed E-state index contributed by atoms with van der Waals surface area (Å²) in [6.45, 7) is 7.84. The van der Waals surface area contributed by atoms with Gasteiger partial charge in [-0.2, -0.15) is 5.26 Å². The molecule has 0 radical (unpaired) electrons. The van der Waals surface area contributed by atoms with E-state index in [0.29, 0.717) is 36.5 Å². The number of ether oxygens (including phenoxy) is 1. The first-order valence-electron chi connectivity index (χ1n) is 6.63. The van der Waals surface area contributed by atoms with E-state index in [0.717, 1.165) is 4.48 Å². The highest BCUT2D eigenvalue weighted by Gasteiger charge is 2.14. The highest BCUT2D eigenvalue weighted by molar-refractivity contribution is 9.11. The summed E-state index contributed by atoms with van der Waals surface area (Å²) in [6, 6.07) is 3.46. The van der Waals surface area contributed by atoms with Crippen LogP contribution in [-0.2, 0) is 4.79 Å². The second-order valence-corrected chi connectivity index (χ2v) is 5.58. The molecule has 21 heavy (non-hydrogen) atoms. The molecule has 1 unspecified atom stereocenters. The molecule has 1 amide bonds. The zero-order valence-electron chi connectivity index (χ0n) is 12.1. The summed E-state index contributed by atoms with van der Waals surface area (Å²) in [5.74, 6) is 0.409. The molecule has 0 saturated carbocycles. The highest BCUT2D eigenvalue weighted by atomic mass is 79.9. The average Bonchev–Trinajstić information content (AvgIpc) is 2.45. The average molecular weight is 352 g/mol. The van der Waals surface area contributed by atoms with Crippen LogP contribution in [0.4, 0.5) is 0 Å². The number of pyridine rings is 1. The van der Waals surface area contributed by atoms with Crippen LogP contribution in [0.25, 0.3) is 0 Å². The molecule has 1 heterocycles. The minimum Gasteiger partial charge on any atom is -0.492 e. The van der Waals surface area contributed by atoms with Crippen molar-refractivity contribution < 1.29 is 9.53 Å². The van der Waals surface area contributed by atoms with E-state index in [1.165, 1.54) is 6.20 Å². The Kier molecular flexibility index (Phi) is 6.89. The molecular formula is C15H18BrN3O2. The van der Waals surface area contributed by atoms with Crippen molar-refractivity contribution in [2.45, 2.75) is 32.7 Å². The van der Waals surface area contributed by atoms with E-state index < -0.39 is 0 Å². The monoisotopic (exact) mass is 351 g/mol. The van der Waals surface area contributed by atoms with Gasteiger partial charge in [-0.05, 0) is 24.8 Å². The molecule has 1 N–H and O–H groups in total. The van der Waals surface area contributed by atoms with E-state index in [1.807, 2.05) is 19.9 Å². The van der Waals surface area contributed by atoms with Crippen molar-refractivity contribution in [2.24, 2.45) is 0 Å². The van der Waals surface area contributed by atoms with Gasteiger partial charge in [-0.3, -0.25) is 9.78 Å². The molecule has 1 rings (SSSR count). The van der Waals surface area contributed by atoms with Crippen LogP contribution in [0.2, 0.25) is 0 Å². The maximum Gasteiger partial charge on any atom is 0.220 e. The standard InChI is InChI=1S/C15H18BrN3O2/c1-4-21-14-7-13(18-9-12(14)8-17)11(3)19-15(20)6-5-10(2)16/h7,9,11H,2,4-6H2,1,3H3,(H,19,20). The fraction of sp³-hybridized carbons (Fsp3) is 0.400. The number of allylic oxidation sites excluding steroid dienone is 1. The Morgan fingerprint density at radius 1 is 1.62 bits per heavy atom. The predicted molar refractivity (Wildman–Crippen MR) is 84.0 cm³/mol. The summed E-state index contributed by atoms with van der Waals surface area (Å²) in [5, 5.41) is 11.8. The molecule has 0 fully saturated rings. The Balaban J connectivity index is 2.76. The third-order valence-electron chi connectivity index (χ3n) is 2.75. The van der Waals surface area contributed by atoms with Gasteiger partial charge in [-0.15, -0.1) is 0 Å². The van der Waals surface area contributed by atoms with Crippen LogP contribution in [0.1, 0.15) is 44.0 Å². The minimum absolute atomic E-state index is 0.0766. The van der Waals surface area contributed by atoms with E-state index in [4.69, 9.17) is 10.00 Å². The number of hydrogen-bond donors (Lipinski definition) is 1. The lowest BCUT2D eigenvalue weighted by Crippen LogP contribution is -2.27. The Hall–Kier alpha value is -1.87. The first kappa shape index (κ1) is 17.2. The van der Waals surface area contributed by atoms with Gasteiger partial charge in [0.1, 0.15) is 17.4 Å². The SMILES string of the molecule is C=C(Br)CCC(=O)NC(C)c1cc(OCC)c(C#N)cn1. The van der Waals surface area contributed by atoms with Crippen molar-refractivity contribution in [1.82, 2.24) is 10.3 Å². The molecule has 0 bridgehead atoms. The number of halogens is 1. The highest BCUT2D eigenvalue weighted by Crippen LogP contribution is 2.21. The number of hydrogen-bond acceptors (Lipinski definition) is 4. The van der Waals surface area contributed by atoms with Crippen LogP contribution in [0, 0.1) is 11.3 Å². The quantitative estimate of drug-likeness (QED) is 0.818. The third kappa shape index (κ3) is 5.56. The predicted octanol–water partition coefficient (Wildman–Crippen LogP) is 3.22. The second-order valence-electron chi connectivity index (χ2n) is 4.46. The molecule has 112 valence electrons. The third-order valence-corrected chi connectivity index (χ3v) is 3.15. The number of nitrogens with zero attached hydrogens (tertiary/aromatic N) is 2. The number of rotatable bonds is 7. The van der Waals surface area contributed by atoms with Gasteiger partial charge in [-0.1, -0.05) is 22.5 Å².